The van der Waals surface area contributed by atoms with Crippen molar-refractivity contribution in [1.29, 1.82) is 5.26 Å². The number of nitriles is 1. The number of para-hydroxylation sites is 1. The van der Waals surface area contributed by atoms with Gasteiger partial charge in [0.1, 0.15) is 11.8 Å². The Morgan fingerprint density at radius 3 is 2.78 bits per heavy atom. The third kappa shape index (κ3) is 2.35. The largest absolute Gasteiger partial charge is 0.452 e. The third-order valence-electron chi connectivity index (χ3n) is 2.66. The van der Waals surface area contributed by atoms with Gasteiger partial charge in [-0.1, -0.05) is 12.1 Å². The molecule has 2 rings (SSSR count). The molecule has 0 bridgehead atoms. The summed E-state index contributed by atoms with van der Waals surface area (Å²) in [5, 5.41) is 13.3. The maximum atomic E-state index is 9.06. The van der Waals surface area contributed by atoms with Crippen LogP contribution in [0.1, 0.15) is 31.0 Å². The van der Waals surface area contributed by atoms with Crippen molar-refractivity contribution in [3.05, 3.63) is 41.7 Å². The smallest absolute Gasteiger partial charge is 0.165 e. The molecule has 0 amide bonds. The summed E-state index contributed by atoms with van der Waals surface area (Å²) in [6.07, 6.45) is 3.49. The van der Waals surface area contributed by atoms with Crippen LogP contribution in [0.2, 0.25) is 0 Å². The van der Waals surface area contributed by atoms with Gasteiger partial charge >= 0.3 is 0 Å². The van der Waals surface area contributed by atoms with Crippen LogP contribution in [0.5, 0.6) is 11.5 Å². The highest BCUT2D eigenvalue weighted by molar-refractivity contribution is 5.49. The minimum absolute atomic E-state index is 0.287. The van der Waals surface area contributed by atoms with Gasteiger partial charge in [0.05, 0.1) is 18.0 Å². The van der Waals surface area contributed by atoms with E-state index in [9.17, 15) is 0 Å². The van der Waals surface area contributed by atoms with E-state index in [0.29, 0.717) is 17.1 Å². The standard InChI is InChI=1S/C14H15N3O/c1-10(2)17-9-13(8-16-17)18-14-11(3)5-4-6-12(14)7-15/h4-6,8-10H,1-3H3. The summed E-state index contributed by atoms with van der Waals surface area (Å²) in [6.45, 7) is 6.01. The third-order valence-corrected chi connectivity index (χ3v) is 2.66. The lowest BCUT2D eigenvalue weighted by molar-refractivity contribution is 0.472. The highest BCUT2D eigenvalue weighted by Gasteiger charge is 2.09. The molecule has 0 aliphatic carbocycles. The van der Waals surface area contributed by atoms with E-state index in [-0.39, 0.29) is 6.04 Å². The van der Waals surface area contributed by atoms with Gasteiger partial charge in [-0.25, -0.2) is 0 Å². The monoisotopic (exact) mass is 241 g/mol. The highest BCUT2D eigenvalue weighted by Crippen LogP contribution is 2.28. The zero-order valence-corrected chi connectivity index (χ0v) is 10.7. The normalized spacial score (nSPS) is 10.4. The molecule has 0 fully saturated rings. The first kappa shape index (κ1) is 12.2. The van der Waals surface area contributed by atoms with E-state index in [0.717, 1.165) is 5.56 Å². The van der Waals surface area contributed by atoms with Crippen molar-refractivity contribution < 1.29 is 4.74 Å². The lowest BCUT2D eigenvalue weighted by atomic mass is 10.1. The average Bonchev–Trinajstić information content (AvgIpc) is 2.80. The number of rotatable bonds is 3. The molecule has 0 unspecified atom stereocenters. The second-order valence-electron chi connectivity index (χ2n) is 4.42. The minimum atomic E-state index is 0.287. The van der Waals surface area contributed by atoms with Crippen LogP contribution in [0.3, 0.4) is 0 Å². The molecule has 2 aromatic rings. The van der Waals surface area contributed by atoms with Crippen molar-refractivity contribution in [1.82, 2.24) is 9.78 Å². The topological polar surface area (TPSA) is 50.8 Å². The Kier molecular flexibility index (Phi) is 3.33. The molecule has 1 aromatic carbocycles. The first-order valence-electron chi connectivity index (χ1n) is 5.83. The molecule has 0 aliphatic heterocycles. The number of benzene rings is 1. The second kappa shape index (κ2) is 4.92. The summed E-state index contributed by atoms with van der Waals surface area (Å²) < 4.78 is 7.58. The van der Waals surface area contributed by atoms with Crippen molar-refractivity contribution in [2.75, 3.05) is 0 Å². The first-order valence-corrected chi connectivity index (χ1v) is 5.83. The van der Waals surface area contributed by atoms with Gasteiger partial charge in [0.2, 0.25) is 0 Å². The zero-order chi connectivity index (χ0) is 13.1. The Morgan fingerprint density at radius 2 is 2.17 bits per heavy atom. The molecule has 0 saturated carbocycles. The van der Waals surface area contributed by atoms with Crippen molar-refractivity contribution in [3.8, 4) is 17.6 Å². The molecule has 0 atom stereocenters. The first-order chi connectivity index (χ1) is 8.61. The van der Waals surface area contributed by atoms with E-state index in [2.05, 4.69) is 11.2 Å². The van der Waals surface area contributed by atoms with Gasteiger partial charge in [-0.15, -0.1) is 0 Å². The van der Waals surface area contributed by atoms with Crippen LogP contribution >= 0.6 is 0 Å². The molecule has 4 heteroatoms. The molecule has 0 N–H and O–H groups in total. The SMILES string of the molecule is Cc1cccc(C#N)c1Oc1cnn(C(C)C)c1. The molecule has 4 nitrogen and oxygen atoms in total. The van der Waals surface area contributed by atoms with Crippen molar-refractivity contribution >= 4 is 0 Å². The second-order valence-corrected chi connectivity index (χ2v) is 4.42. The summed E-state index contributed by atoms with van der Waals surface area (Å²) in [5.74, 6) is 1.25. The molecule has 18 heavy (non-hydrogen) atoms. The Morgan fingerprint density at radius 1 is 1.39 bits per heavy atom. The van der Waals surface area contributed by atoms with Gasteiger partial charge in [0.15, 0.2) is 5.75 Å². The number of aryl methyl sites for hydroxylation is 1. The Labute approximate surface area is 106 Å². The fourth-order valence-corrected chi connectivity index (χ4v) is 1.65. The molecule has 92 valence electrons. The highest BCUT2D eigenvalue weighted by atomic mass is 16.5. The molecule has 0 radical (unpaired) electrons. The fourth-order valence-electron chi connectivity index (χ4n) is 1.65. The molecule has 0 saturated heterocycles. The van der Waals surface area contributed by atoms with Gasteiger partial charge in [-0.3, -0.25) is 4.68 Å². The lowest BCUT2D eigenvalue weighted by Crippen LogP contribution is -1.99. The van der Waals surface area contributed by atoms with Crippen LogP contribution in [0.25, 0.3) is 0 Å². The molecular weight excluding hydrogens is 226 g/mol. The molecule has 1 aromatic heterocycles. The minimum Gasteiger partial charge on any atom is -0.452 e. The quantitative estimate of drug-likeness (QED) is 0.827. The fraction of sp³-hybridized carbons (Fsp3) is 0.286. The van der Waals surface area contributed by atoms with Crippen molar-refractivity contribution in [2.24, 2.45) is 0 Å². The average molecular weight is 241 g/mol. The van der Waals surface area contributed by atoms with Crippen LogP contribution in [0.15, 0.2) is 30.6 Å². The maximum Gasteiger partial charge on any atom is 0.165 e. The van der Waals surface area contributed by atoms with E-state index in [4.69, 9.17) is 10.00 Å². The Bertz CT molecular complexity index is 593. The predicted octanol–water partition coefficient (Wildman–Crippen LogP) is 3.44. The van der Waals surface area contributed by atoms with E-state index >= 15 is 0 Å². The Hall–Kier alpha value is -2.28. The van der Waals surface area contributed by atoms with Crippen molar-refractivity contribution in [3.63, 3.8) is 0 Å². The van der Waals surface area contributed by atoms with E-state index < -0.39 is 0 Å². The van der Waals surface area contributed by atoms with Crippen LogP contribution < -0.4 is 4.74 Å². The summed E-state index contributed by atoms with van der Waals surface area (Å²) in [6, 6.07) is 7.93. The molecular formula is C14H15N3O. The van der Waals surface area contributed by atoms with Crippen molar-refractivity contribution in [2.45, 2.75) is 26.8 Å². The summed E-state index contributed by atoms with van der Waals surface area (Å²) in [5.41, 5.74) is 1.47. The molecule has 1 heterocycles. The number of hydrogen-bond acceptors (Lipinski definition) is 3. The number of hydrogen-bond donors (Lipinski definition) is 0. The van der Waals surface area contributed by atoms with E-state index in [1.165, 1.54) is 0 Å². The maximum absolute atomic E-state index is 9.06. The summed E-state index contributed by atoms with van der Waals surface area (Å²) in [4.78, 5) is 0. The van der Waals surface area contributed by atoms with E-state index in [1.54, 1.807) is 12.3 Å². The number of ether oxygens (including phenoxy) is 1. The van der Waals surface area contributed by atoms with Crippen LogP contribution in [0.4, 0.5) is 0 Å². The van der Waals surface area contributed by atoms with Crippen LogP contribution in [0, 0.1) is 18.3 Å². The number of nitrogens with zero attached hydrogens (tertiary/aromatic N) is 3. The molecule has 0 spiro atoms. The van der Waals surface area contributed by atoms with Crippen LogP contribution in [-0.2, 0) is 0 Å². The predicted molar refractivity (Wildman–Crippen MR) is 68.6 cm³/mol. The van der Waals surface area contributed by atoms with Gasteiger partial charge in [0, 0.05) is 6.04 Å². The molecule has 0 aliphatic rings. The summed E-state index contributed by atoms with van der Waals surface area (Å²) >= 11 is 0. The van der Waals surface area contributed by atoms with E-state index in [1.807, 2.05) is 43.8 Å². The van der Waals surface area contributed by atoms with Gasteiger partial charge in [-0.05, 0) is 32.4 Å². The van der Waals surface area contributed by atoms with Crippen LogP contribution in [-0.4, -0.2) is 9.78 Å². The van der Waals surface area contributed by atoms with Gasteiger partial charge in [0.25, 0.3) is 0 Å². The van der Waals surface area contributed by atoms with Gasteiger partial charge in [-0.2, -0.15) is 10.4 Å². The Balaban J connectivity index is 2.31. The lowest BCUT2D eigenvalue weighted by Gasteiger charge is -2.08. The summed E-state index contributed by atoms with van der Waals surface area (Å²) in [7, 11) is 0. The zero-order valence-electron chi connectivity index (χ0n) is 10.7. The number of aromatic nitrogens is 2. The van der Waals surface area contributed by atoms with Gasteiger partial charge < -0.3 is 4.74 Å².